The van der Waals surface area contributed by atoms with Gasteiger partial charge in [0.2, 0.25) is 0 Å². The minimum Gasteiger partial charge on any atom is -0.496 e. The fourth-order valence-corrected chi connectivity index (χ4v) is 2.80. The van der Waals surface area contributed by atoms with E-state index < -0.39 is 5.97 Å². The molecule has 0 aliphatic rings. The Balaban J connectivity index is 2.27. The molecule has 0 fully saturated rings. The maximum Gasteiger partial charge on any atom is 0.360 e. The second-order valence-electron chi connectivity index (χ2n) is 5.54. The van der Waals surface area contributed by atoms with Crippen molar-refractivity contribution in [1.29, 1.82) is 0 Å². The SMILES string of the molecule is CCOC(=O)c1nnc2c(-c3ccccc3OC)c(COC)nn2c1C. The van der Waals surface area contributed by atoms with Crippen LogP contribution in [0, 0.1) is 6.92 Å². The van der Waals surface area contributed by atoms with Crippen LogP contribution in [0.4, 0.5) is 0 Å². The summed E-state index contributed by atoms with van der Waals surface area (Å²) in [5.41, 5.74) is 3.47. The van der Waals surface area contributed by atoms with Crippen LogP contribution in [0.5, 0.6) is 5.75 Å². The predicted molar refractivity (Wildman–Crippen MR) is 94.2 cm³/mol. The standard InChI is InChI=1S/C18H20N4O4/c1-5-26-18(23)16-11(2)22-17(20-19-16)15(13(21-22)10-24-3)12-8-6-7-9-14(12)25-4/h6-9H,5,10H2,1-4H3. The van der Waals surface area contributed by atoms with Gasteiger partial charge < -0.3 is 14.2 Å². The van der Waals surface area contributed by atoms with E-state index in [1.54, 1.807) is 32.6 Å². The lowest BCUT2D eigenvalue weighted by atomic mass is 10.0. The molecule has 3 aromatic rings. The molecule has 0 aliphatic heterocycles. The topological polar surface area (TPSA) is 87.8 Å². The highest BCUT2D eigenvalue weighted by molar-refractivity contribution is 5.89. The number of aromatic nitrogens is 4. The van der Waals surface area contributed by atoms with E-state index in [4.69, 9.17) is 14.2 Å². The van der Waals surface area contributed by atoms with Crippen LogP contribution in [0.1, 0.15) is 28.8 Å². The van der Waals surface area contributed by atoms with E-state index in [-0.39, 0.29) is 18.9 Å². The van der Waals surface area contributed by atoms with Gasteiger partial charge in [-0.15, -0.1) is 10.2 Å². The van der Waals surface area contributed by atoms with E-state index in [9.17, 15) is 4.79 Å². The average molecular weight is 356 g/mol. The van der Waals surface area contributed by atoms with Gasteiger partial charge >= 0.3 is 5.97 Å². The van der Waals surface area contributed by atoms with Crippen molar-refractivity contribution in [3.63, 3.8) is 0 Å². The largest absolute Gasteiger partial charge is 0.496 e. The Labute approximate surface area is 150 Å². The molecule has 3 rings (SSSR count). The summed E-state index contributed by atoms with van der Waals surface area (Å²) in [4.78, 5) is 12.1. The van der Waals surface area contributed by atoms with Gasteiger partial charge in [0.05, 0.1) is 37.3 Å². The Kier molecular flexibility index (Phi) is 5.13. The average Bonchev–Trinajstić information content (AvgIpc) is 3.01. The summed E-state index contributed by atoms with van der Waals surface area (Å²) in [7, 11) is 3.20. The van der Waals surface area contributed by atoms with Crippen LogP contribution in [0.25, 0.3) is 16.8 Å². The number of carbonyl (C=O) groups excluding carboxylic acids is 1. The van der Waals surface area contributed by atoms with E-state index in [0.717, 1.165) is 11.1 Å². The smallest absolute Gasteiger partial charge is 0.360 e. The van der Waals surface area contributed by atoms with Gasteiger partial charge in [0.1, 0.15) is 5.75 Å². The van der Waals surface area contributed by atoms with Gasteiger partial charge in [0.25, 0.3) is 0 Å². The van der Waals surface area contributed by atoms with Crippen LogP contribution < -0.4 is 4.74 Å². The van der Waals surface area contributed by atoms with E-state index in [2.05, 4.69) is 15.3 Å². The quantitative estimate of drug-likeness (QED) is 0.627. The van der Waals surface area contributed by atoms with Crippen LogP contribution >= 0.6 is 0 Å². The molecule has 26 heavy (non-hydrogen) atoms. The molecular weight excluding hydrogens is 336 g/mol. The second kappa shape index (κ2) is 7.49. The summed E-state index contributed by atoms with van der Waals surface area (Å²) in [5.74, 6) is 0.163. The third-order valence-corrected chi connectivity index (χ3v) is 3.96. The number of methoxy groups -OCH3 is 2. The highest BCUT2D eigenvalue weighted by atomic mass is 16.5. The Morgan fingerprint density at radius 1 is 1.19 bits per heavy atom. The van der Waals surface area contributed by atoms with Gasteiger partial charge in [-0.3, -0.25) is 0 Å². The number of hydrogen-bond donors (Lipinski definition) is 0. The second-order valence-corrected chi connectivity index (χ2v) is 5.54. The van der Waals surface area contributed by atoms with Gasteiger partial charge in [-0.1, -0.05) is 18.2 Å². The van der Waals surface area contributed by atoms with Crippen molar-refractivity contribution in [1.82, 2.24) is 19.8 Å². The van der Waals surface area contributed by atoms with Crippen molar-refractivity contribution in [3.05, 3.63) is 41.3 Å². The number of esters is 1. The molecule has 8 heteroatoms. The first-order chi connectivity index (χ1) is 12.6. The number of fused-ring (bicyclic) bond motifs is 1. The van der Waals surface area contributed by atoms with Gasteiger partial charge in [-0.05, 0) is 19.9 Å². The van der Waals surface area contributed by atoms with E-state index in [1.807, 2.05) is 24.3 Å². The van der Waals surface area contributed by atoms with Gasteiger partial charge in [0.15, 0.2) is 11.3 Å². The van der Waals surface area contributed by atoms with Crippen LogP contribution in [-0.2, 0) is 16.1 Å². The summed E-state index contributed by atoms with van der Waals surface area (Å²) in [6.45, 7) is 4.04. The first-order valence-electron chi connectivity index (χ1n) is 8.16. The fourth-order valence-electron chi connectivity index (χ4n) is 2.80. The van der Waals surface area contributed by atoms with Gasteiger partial charge in [-0.2, -0.15) is 5.10 Å². The summed E-state index contributed by atoms with van der Waals surface area (Å²) in [6, 6.07) is 7.58. The Morgan fingerprint density at radius 3 is 2.65 bits per heavy atom. The lowest BCUT2D eigenvalue weighted by molar-refractivity contribution is 0.0516. The van der Waals surface area contributed by atoms with E-state index >= 15 is 0 Å². The molecule has 0 N–H and O–H groups in total. The van der Waals surface area contributed by atoms with Crippen LogP contribution in [0.15, 0.2) is 24.3 Å². The molecule has 1 aromatic carbocycles. The minimum absolute atomic E-state index is 0.136. The highest BCUT2D eigenvalue weighted by Gasteiger charge is 2.23. The number of benzene rings is 1. The number of hydrogen-bond acceptors (Lipinski definition) is 7. The molecule has 0 aliphatic carbocycles. The number of rotatable bonds is 6. The maximum atomic E-state index is 12.1. The van der Waals surface area contributed by atoms with Crippen molar-refractivity contribution in [2.75, 3.05) is 20.8 Å². The van der Waals surface area contributed by atoms with E-state index in [0.29, 0.717) is 22.8 Å². The molecule has 0 amide bonds. The predicted octanol–water partition coefficient (Wildman–Crippen LogP) is 2.43. The Hall–Kier alpha value is -3.00. The molecule has 0 unspecified atom stereocenters. The molecule has 0 spiro atoms. The minimum atomic E-state index is -0.526. The first kappa shape index (κ1) is 17.8. The highest BCUT2D eigenvalue weighted by Crippen LogP contribution is 2.35. The Bertz CT molecular complexity index is 952. The molecular formula is C18H20N4O4. The molecule has 136 valence electrons. The first-order valence-corrected chi connectivity index (χ1v) is 8.16. The third-order valence-electron chi connectivity index (χ3n) is 3.96. The third kappa shape index (κ3) is 2.99. The molecule has 0 radical (unpaired) electrons. The van der Waals surface area contributed by atoms with Crippen LogP contribution in [-0.4, -0.2) is 46.6 Å². The van der Waals surface area contributed by atoms with Crippen LogP contribution in [0.2, 0.25) is 0 Å². The van der Waals surface area contributed by atoms with Crippen molar-refractivity contribution in [3.8, 4) is 16.9 Å². The van der Waals surface area contributed by atoms with Gasteiger partial charge in [-0.25, -0.2) is 9.31 Å². The number of nitrogens with zero attached hydrogens (tertiary/aromatic N) is 4. The van der Waals surface area contributed by atoms with Crippen molar-refractivity contribution >= 4 is 11.6 Å². The fraction of sp³-hybridized carbons (Fsp3) is 0.333. The number of para-hydroxylation sites is 1. The van der Waals surface area contributed by atoms with Crippen molar-refractivity contribution in [2.24, 2.45) is 0 Å². The number of aryl methyl sites for hydroxylation is 1. The van der Waals surface area contributed by atoms with Crippen molar-refractivity contribution in [2.45, 2.75) is 20.5 Å². The summed E-state index contributed by atoms with van der Waals surface area (Å²) >= 11 is 0. The zero-order chi connectivity index (χ0) is 18.7. The zero-order valence-corrected chi connectivity index (χ0v) is 15.1. The Morgan fingerprint density at radius 2 is 1.96 bits per heavy atom. The van der Waals surface area contributed by atoms with Gasteiger partial charge in [0, 0.05) is 12.7 Å². The number of carbonyl (C=O) groups is 1. The lowest BCUT2D eigenvalue weighted by Gasteiger charge is -2.09. The molecule has 8 nitrogen and oxygen atoms in total. The monoisotopic (exact) mass is 356 g/mol. The summed E-state index contributed by atoms with van der Waals surface area (Å²) < 4.78 is 17.4. The van der Waals surface area contributed by atoms with E-state index in [1.165, 1.54) is 0 Å². The summed E-state index contributed by atoms with van der Waals surface area (Å²) in [6.07, 6.45) is 0. The molecule has 2 heterocycles. The molecule has 2 aromatic heterocycles. The maximum absolute atomic E-state index is 12.1. The molecule has 0 saturated carbocycles. The lowest BCUT2D eigenvalue weighted by Crippen LogP contribution is -2.14. The molecule has 0 saturated heterocycles. The normalized spacial score (nSPS) is 10.9. The zero-order valence-electron chi connectivity index (χ0n) is 15.1. The molecule has 0 bridgehead atoms. The summed E-state index contributed by atoms with van der Waals surface area (Å²) in [5, 5.41) is 12.9. The number of ether oxygens (including phenoxy) is 3. The van der Waals surface area contributed by atoms with Crippen LogP contribution in [0.3, 0.4) is 0 Å². The molecule has 0 atom stereocenters. The van der Waals surface area contributed by atoms with Crippen molar-refractivity contribution < 1.29 is 19.0 Å².